The molecule has 0 bridgehead atoms. The highest BCUT2D eigenvalue weighted by Crippen LogP contribution is 2.42. The number of carbonyl (C=O) groups is 1. The van der Waals surface area contributed by atoms with Crippen molar-refractivity contribution in [2.75, 3.05) is 11.1 Å². The number of hydrogen-bond donors (Lipinski definition) is 2. The van der Waals surface area contributed by atoms with Gasteiger partial charge in [0.25, 0.3) is 5.91 Å². The van der Waals surface area contributed by atoms with Crippen molar-refractivity contribution in [2.45, 2.75) is 32.5 Å². The van der Waals surface area contributed by atoms with E-state index in [0.717, 1.165) is 29.0 Å². The van der Waals surface area contributed by atoms with Crippen molar-refractivity contribution in [1.82, 2.24) is 10.3 Å². The van der Waals surface area contributed by atoms with Crippen LogP contribution in [0.3, 0.4) is 0 Å². The Bertz CT molecular complexity index is 849. The zero-order valence-electron chi connectivity index (χ0n) is 14.9. The van der Waals surface area contributed by atoms with E-state index in [2.05, 4.69) is 48.7 Å². The number of rotatable bonds is 3. The first kappa shape index (κ1) is 17.0. The first-order valence-electron chi connectivity index (χ1n) is 8.96. The normalized spacial score (nSPS) is 21.2. The van der Waals surface area contributed by atoms with Crippen LogP contribution in [0, 0.1) is 0 Å². The lowest BCUT2D eigenvalue weighted by Crippen LogP contribution is -2.50. The topological polar surface area (TPSA) is 56.7 Å². The molecule has 2 N–H and O–H groups in total. The summed E-state index contributed by atoms with van der Waals surface area (Å²) < 4.78 is 0. The van der Waals surface area contributed by atoms with Crippen LogP contribution in [-0.4, -0.2) is 21.8 Å². The Morgan fingerprint density at radius 2 is 1.88 bits per heavy atom. The summed E-state index contributed by atoms with van der Waals surface area (Å²) in [5.74, 6) is 0.831. The molecule has 2 aromatic carbocycles. The van der Waals surface area contributed by atoms with Gasteiger partial charge in [-0.05, 0) is 29.4 Å². The van der Waals surface area contributed by atoms with Gasteiger partial charge in [-0.15, -0.1) is 5.10 Å². The summed E-state index contributed by atoms with van der Waals surface area (Å²) in [6, 6.07) is 16.1. The number of carbonyl (C=O) groups excluding carboxylic acids is 1. The van der Waals surface area contributed by atoms with E-state index in [-0.39, 0.29) is 12.1 Å². The molecule has 134 valence electrons. The second-order valence-electron chi connectivity index (χ2n) is 6.34. The quantitative estimate of drug-likeness (QED) is 0.866. The van der Waals surface area contributed by atoms with E-state index in [1.165, 1.54) is 5.56 Å². The third-order valence-electron chi connectivity index (χ3n) is 4.75. The van der Waals surface area contributed by atoms with Crippen molar-refractivity contribution < 1.29 is 4.79 Å². The summed E-state index contributed by atoms with van der Waals surface area (Å²) in [5.41, 5.74) is 4.33. The van der Waals surface area contributed by atoms with Crippen LogP contribution in [0.1, 0.15) is 42.7 Å². The zero-order valence-corrected chi connectivity index (χ0v) is 15.7. The number of benzene rings is 2. The van der Waals surface area contributed by atoms with Gasteiger partial charge in [-0.1, -0.05) is 68.1 Å². The van der Waals surface area contributed by atoms with Crippen molar-refractivity contribution in [3.8, 4) is 0 Å². The first-order valence-corrected chi connectivity index (χ1v) is 9.94. The zero-order chi connectivity index (χ0) is 18.1. The highest BCUT2D eigenvalue weighted by molar-refractivity contribution is 8.13. The minimum atomic E-state index is -0.426. The second-order valence-corrected chi connectivity index (χ2v) is 7.59. The number of nitrogens with one attached hydrogen (secondary N) is 2. The molecule has 0 aliphatic carbocycles. The number of hydrazone groups is 1. The summed E-state index contributed by atoms with van der Waals surface area (Å²) in [4.78, 5) is 12.9. The minimum absolute atomic E-state index is 0.0277. The fraction of sp³-hybridized carbons (Fsp3) is 0.300. The van der Waals surface area contributed by atoms with Crippen LogP contribution in [-0.2, 0) is 11.2 Å². The monoisotopic (exact) mass is 366 g/mol. The molecule has 2 aromatic rings. The Morgan fingerprint density at radius 3 is 2.62 bits per heavy atom. The van der Waals surface area contributed by atoms with Gasteiger partial charge in [-0.2, -0.15) is 0 Å². The Balaban J connectivity index is 1.80. The van der Waals surface area contributed by atoms with E-state index in [1.807, 2.05) is 29.3 Å². The van der Waals surface area contributed by atoms with E-state index in [0.29, 0.717) is 5.17 Å². The third kappa shape index (κ3) is 2.94. The molecular weight excluding hydrogens is 344 g/mol. The molecule has 0 radical (unpaired) electrons. The molecule has 4 rings (SSSR count). The fourth-order valence-electron chi connectivity index (χ4n) is 3.43. The van der Waals surface area contributed by atoms with Crippen LogP contribution in [0.2, 0.25) is 0 Å². The average molecular weight is 366 g/mol. The van der Waals surface area contributed by atoms with Crippen LogP contribution < -0.4 is 10.6 Å². The van der Waals surface area contributed by atoms with Crippen LogP contribution in [0.4, 0.5) is 5.69 Å². The van der Waals surface area contributed by atoms with E-state index < -0.39 is 6.04 Å². The Morgan fingerprint density at radius 1 is 1.12 bits per heavy atom. The van der Waals surface area contributed by atoms with Crippen LogP contribution >= 0.6 is 11.8 Å². The minimum Gasteiger partial charge on any atom is -0.360 e. The summed E-state index contributed by atoms with van der Waals surface area (Å²) in [7, 11) is 0. The van der Waals surface area contributed by atoms with Crippen LogP contribution in [0.5, 0.6) is 0 Å². The lowest BCUT2D eigenvalue weighted by molar-refractivity contribution is -0.127. The Hall–Kier alpha value is -2.47. The molecule has 2 aliphatic heterocycles. The molecule has 5 nitrogen and oxygen atoms in total. The van der Waals surface area contributed by atoms with Gasteiger partial charge in [0.05, 0.1) is 0 Å². The summed E-state index contributed by atoms with van der Waals surface area (Å²) in [6.45, 7) is 4.20. The van der Waals surface area contributed by atoms with Crippen molar-refractivity contribution in [2.24, 2.45) is 5.10 Å². The number of aryl methyl sites for hydroxylation is 1. The molecule has 0 saturated carbocycles. The highest BCUT2D eigenvalue weighted by atomic mass is 32.2. The summed E-state index contributed by atoms with van der Waals surface area (Å²) in [5, 5.41) is 13.8. The second kappa shape index (κ2) is 7.03. The van der Waals surface area contributed by atoms with Crippen LogP contribution in [0.15, 0.2) is 53.6 Å². The van der Waals surface area contributed by atoms with Gasteiger partial charge in [0.2, 0.25) is 0 Å². The maximum Gasteiger partial charge on any atom is 0.255 e. The molecule has 1 amide bonds. The molecular formula is C20H22N4OS. The number of amidine groups is 1. The Labute approximate surface area is 157 Å². The standard InChI is InChI=1S/C20H22N4OS/c1-3-13-9-11-14(12-10-13)18-21-16-8-6-5-7-15(16)17-19(25)22-20(26-4-2)23-24(17)18/h5-12,17-18,21H,3-4H2,1-2H3,(H,22,23,25)/t17-,18+/m1/s1. The predicted octanol–water partition coefficient (Wildman–Crippen LogP) is 3.87. The molecule has 2 aliphatic rings. The number of thioether (sulfide) groups is 1. The number of anilines is 1. The average Bonchev–Trinajstić information content (AvgIpc) is 2.67. The molecule has 0 aromatic heterocycles. The molecule has 2 heterocycles. The number of nitrogens with zero attached hydrogens (tertiary/aromatic N) is 2. The van der Waals surface area contributed by atoms with E-state index in [1.54, 1.807) is 11.8 Å². The van der Waals surface area contributed by atoms with Gasteiger partial charge >= 0.3 is 0 Å². The van der Waals surface area contributed by atoms with E-state index in [9.17, 15) is 4.79 Å². The maximum atomic E-state index is 12.9. The van der Waals surface area contributed by atoms with Gasteiger partial charge in [-0.25, -0.2) is 0 Å². The lowest BCUT2D eigenvalue weighted by atomic mass is 9.97. The van der Waals surface area contributed by atoms with Crippen molar-refractivity contribution in [1.29, 1.82) is 0 Å². The van der Waals surface area contributed by atoms with Gasteiger partial charge in [0.1, 0.15) is 6.17 Å². The molecule has 0 saturated heterocycles. The Kier molecular flexibility index (Phi) is 4.59. The van der Waals surface area contributed by atoms with Gasteiger partial charge < -0.3 is 10.6 Å². The first-order chi connectivity index (χ1) is 12.7. The molecule has 0 unspecified atom stereocenters. The van der Waals surface area contributed by atoms with Crippen molar-refractivity contribution in [3.63, 3.8) is 0 Å². The molecule has 26 heavy (non-hydrogen) atoms. The van der Waals surface area contributed by atoms with Gasteiger partial charge in [0.15, 0.2) is 11.2 Å². The predicted molar refractivity (Wildman–Crippen MR) is 107 cm³/mol. The van der Waals surface area contributed by atoms with Gasteiger partial charge in [0, 0.05) is 11.3 Å². The molecule has 0 fully saturated rings. The van der Waals surface area contributed by atoms with Crippen molar-refractivity contribution in [3.05, 3.63) is 65.2 Å². The van der Waals surface area contributed by atoms with E-state index in [4.69, 9.17) is 5.10 Å². The highest BCUT2D eigenvalue weighted by Gasteiger charge is 2.41. The molecule has 6 heteroatoms. The molecule has 2 atom stereocenters. The number of hydrogen-bond acceptors (Lipinski definition) is 5. The molecule has 0 spiro atoms. The van der Waals surface area contributed by atoms with E-state index >= 15 is 0 Å². The van der Waals surface area contributed by atoms with Crippen molar-refractivity contribution >= 4 is 28.5 Å². The smallest absolute Gasteiger partial charge is 0.255 e. The largest absolute Gasteiger partial charge is 0.360 e. The summed E-state index contributed by atoms with van der Waals surface area (Å²) in [6.07, 6.45) is 0.824. The third-order valence-corrected chi connectivity index (χ3v) is 5.49. The SMILES string of the molecule is CCSC1=NN2[C@@H](c3ccc(CC)cc3)Nc3ccccc3[C@@H]2C(=O)N1. The summed E-state index contributed by atoms with van der Waals surface area (Å²) >= 11 is 1.54. The lowest BCUT2D eigenvalue weighted by Gasteiger charge is -2.43. The number of para-hydroxylation sites is 1. The van der Waals surface area contributed by atoms with Gasteiger partial charge in [-0.3, -0.25) is 9.80 Å². The van der Waals surface area contributed by atoms with Crippen LogP contribution in [0.25, 0.3) is 0 Å². The number of amides is 1. The maximum absolute atomic E-state index is 12.9. The fourth-order valence-corrected chi connectivity index (χ4v) is 4.02. The number of fused-ring (bicyclic) bond motifs is 3.